The van der Waals surface area contributed by atoms with E-state index in [4.69, 9.17) is 5.11 Å². The Morgan fingerprint density at radius 2 is 2.07 bits per heavy atom. The minimum atomic E-state index is -2.88. The fourth-order valence-corrected chi connectivity index (χ4v) is 3.32. The number of hydrogen-bond donors (Lipinski definition) is 2. The van der Waals surface area contributed by atoms with Crippen LogP contribution in [0.2, 0.25) is 0 Å². The van der Waals surface area contributed by atoms with Crippen LogP contribution in [0.5, 0.6) is 0 Å². The van der Waals surface area contributed by atoms with E-state index in [0.29, 0.717) is 29.7 Å². The average Bonchev–Trinajstić information content (AvgIpc) is 3.17. The van der Waals surface area contributed by atoms with Crippen LogP contribution < -0.4 is 5.32 Å². The number of nitrogens with one attached hydrogen (secondary N) is 1. The van der Waals surface area contributed by atoms with Crippen LogP contribution in [0.25, 0.3) is 5.69 Å². The maximum absolute atomic E-state index is 14.4. The van der Waals surface area contributed by atoms with Crippen molar-refractivity contribution in [1.82, 2.24) is 15.1 Å². The normalized spacial score (nSPS) is 14.3. The van der Waals surface area contributed by atoms with Crippen molar-refractivity contribution in [2.24, 2.45) is 0 Å². The van der Waals surface area contributed by atoms with Crippen molar-refractivity contribution in [2.75, 3.05) is 0 Å². The molecule has 1 amide bonds. The van der Waals surface area contributed by atoms with E-state index in [1.54, 1.807) is 19.1 Å². The van der Waals surface area contributed by atoms with Gasteiger partial charge in [-0.1, -0.05) is 12.1 Å². The molecule has 6 nitrogen and oxygen atoms in total. The third-order valence-corrected chi connectivity index (χ3v) is 4.56. The Hall–Kier alpha value is -2.84. The molecule has 1 aromatic carbocycles. The number of carboxylic acid groups (broad SMARTS) is 1. The molecule has 0 fully saturated rings. The van der Waals surface area contributed by atoms with Crippen LogP contribution in [-0.2, 0) is 17.6 Å². The molecule has 0 saturated heterocycles. The standard InChI is InChI=1S/C18H18F3N3O3/c1-9-4-2-6-11(19)16(9)24-13-7-3-5-10(13)15(23-24)17(25)22-12(18(26)27)8-14(20)21/h2,4,6,12,14H,3,5,7-8H2,1H3,(H,22,25)(H,26,27). The molecule has 144 valence electrons. The fourth-order valence-electron chi connectivity index (χ4n) is 3.32. The van der Waals surface area contributed by atoms with Gasteiger partial charge in [-0.15, -0.1) is 0 Å². The number of rotatable bonds is 6. The van der Waals surface area contributed by atoms with Crippen molar-refractivity contribution in [1.29, 1.82) is 0 Å². The first-order chi connectivity index (χ1) is 12.8. The second-order valence-electron chi connectivity index (χ2n) is 6.44. The molecule has 2 N–H and O–H groups in total. The Balaban J connectivity index is 1.98. The van der Waals surface area contributed by atoms with Crippen molar-refractivity contribution in [3.63, 3.8) is 0 Å². The van der Waals surface area contributed by atoms with Crippen molar-refractivity contribution in [3.05, 3.63) is 46.5 Å². The molecular weight excluding hydrogens is 363 g/mol. The number of amides is 1. The summed E-state index contributed by atoms with van der Waals surface area (Å²) in [6.07, 6.45) is -2.03. The monoisotopic (exact) mass is 381 g/mol. The van der Waals surface area contributed by atoms with E-state index >= 15 is 0 Å². The molecule has 1 aromatic heterocycles. The predicted octanol–water partition coefficient (Wildman–Crippen LogP) is 2.65. The molecule has 0 bridgehead atoms. The lowest BCUT2D eigenvalue weighted by atomic mass is 10.1. The first kappa shape index (κ1) is 18.9. The number of halogens is 3. The summed E-state index contributed by atoms with van der Waals surface area (Å²) < 4.78 is 40.8. The zero-order valence-electron chi connectivity index (χ0n) is 14.5. The highest BCUT2D eigenvalue weighted by atomic mass is 19.3. The second-order valence-corrected chi connectivity index (χ2v) is 6.44. The Kier molecular flexibility index (Phi) is 5.20. The molecule has 1 aliphatic carbocycles. The van der Waals surface area contributed by atoms with Gasteiger partial charge in [0.25, 0.3) is 5.91 Å². The van der Waals surface area contributed by atoms with Crippen molar-refractivity contribution < 1.29 is 27.9 Å². The van der Waals surface area contributed by atoms with Crippen LogP contribution in [0.15, 0.2) is 18.2 Å². The Labute approximate surface area is 153 Å². The van der Waals surface area contributed by atoms with Crippen molar-refractivity contribution in [3.8, 4) is 5.69 Å². The molecule has 0 aliphatic heterocycles. The first-order valence-corrected chi connectivity index (χ1v) is 8.47. The molecular formula is C18H18F3N3O3. The largest absolute Gasteiger partial charge is 0.480 e. The minimum absolute atomic E-state index is 0.0503. The molecule has 0 spiro atoms. The van der Waals surface area contributed by atoms with Crippen molar-refractivity contribution in [2.45, 2.75) is 45.1 Å². The number of carbonyl (C=O) groups excluding carboxylic acids is 1. The van der Waals surface area contributed by atoms with Gasteiger partial charge in [0.05, 0.1) is 0 Å². The number of fused-ring (bicyclic) bond motifs is 1. The maximum atomic E-state index is 14.4. The summed E-state index contributed by atoms with van der Waals surface area (Å²) in [7, 11) is 0. The topological polar surface area (TPSA) is 84.2 Å². The smallest absolute Gasteiger partial charge is 0.326 e. The summed E-state index contributed by atoms with van der Waals surface area (Å²) in [5.74, 6) is -2.90. The van der Waals surface area contributed by atoms with Gasteiger partial charge in [-0.3, -0.25) is 4.79 Å². The quantitative estimate of drug-likeness (QED) is 0.806. The van der Waals surface area contributed by atoms with Crippen LogP contribution in [0.3, 0.4) is 0 Å². The van der Waals surface area contributed by atoms with E-state index < -0.39 is 36.6 Å². The van der Waals surface area contributed by atoms with Crippen LogP contribution in [0.4, 0.5) is 13.2 Å². The minimum Gasteiger partial charge on any atom is -0.480 e. The van der Waals surface area contributed by atoms with Crippen LogP contribution in [-0.4, -0.2) is 39.2 Å². The van der Waals surface area contributed by atoms with Crippen LogP contribution >= 0.6 is 0 Å². The number of alkyl halides is 2. The third-order valence-electron chi connectivity index (χ3n) is 4.56. The molecule has 27 heavy (non-hydrogen) atoms. The first-order valence-electron chi connectivity index (χ1n) is 8.47. The van der Waals surface area contributed by atoms with E-state index in [-0.39, 0.29) is 11.4 Å². The maximum Gasteiger partial charge on any atom is 0.326 e. The van der Waals surface area contributed by atoms with Crippen LogP contribution in [0, 0.1) is 12.7 Å². The number of hydrogen-bond acceptors (Lipinski definition) is 3. The number of para-hydroxylation sites is 1. The summed E-state index contributed by atoms with van der Waals surface area (Å²) in [5, 5.41) is 15.3. The highest BCUT2D eigenvalue weighted by Gasteiger charge is 2.31. The van der Waals surface area contributed by atoms with Gasteiger partial charge >= 0.3 is 5.97 Å². The van der Waals surface area contributed by atoms with Gasteiger partial charge in [-0.05, 0) is 37.8 Å². The van der Waals surface area contributed by atoms with E-state index in [0.717, 1.165) is 6.42 Å². The molecule has 0 saturated carbocycles. The van der Waals surface area contributed by atoms with Gasteiger partial charge in [-0.2, -0.15) is 5.10 Å². The Morgan fingerprint density at radius 1 is 1.33 bits per heavy atom. The number of aromatic nitrogens is 2. The number of carboxylic acids is 1. The lowest BCUT2D eigenvalue weighted by Crippen LogP contribution is -2.42. The highest BCUT2D eigenvalue weighted by Crippen LogP contribution is 2.30. The molecule has 1 atom stereocenters. The summed E-state index contributed by atoms with van der Waals surface area (Å²) in [4.78, 5) is 23.7. The molecule has 9 heteroatoms. The fraction of sp³-hybridized carbons (Fsp3) is 0.389. The van der Waals surface area contributed by atoms with Gasteiger partial charge in [0.1, 0.15) is 17.5 Å². The molecule has 3 rings (SSSR count). The second kappa shape index (κ2) is 7.42. The highest BCUT2D eigenvalue weighted by molar-refractivity contribution is 5.96. The van der Waals surface area contributed by atoms with Crippen molar-refractivity contribution >= 4 is 11.9 Å². The molecule has 0 radical (unpaired) electrons. The number of aliphatic carboxylic acids is 1. The number of benzene rings is 1. The zero-order chi connectivity index (χ0) is 19.7. The van der Waals surface area contributed by atoms with Gasteiger partial charge in [0, 0.05) is 17.7 Å². The molecule has 1 heterocycles. The summed E-state index contributed by atoms with van der Waals surface area (Å²) in [5.41, 5.74) is 2.06. The average molecular weight is 381 g/mol. The summed E-state index contributed by atoms with van der Waals surface area (Å²) in [6.45, 7) is 1.71. The van der Waals surface area contributed by atoms with Gasteiger partial charge in [-0.25, -0.2) is 22.6 Å². The SMILES string of the molecule is Cc1cccc(F)c1-n1nc(C(=O)NC(CC(F)F)C(=O)O)c2c1CCC2. The molecule has 2 aromatic rings. The number of aryl methyl sites for hydroxylation is 1. The number of nitrogens with zero attached hydrogens (tertiary/aromatic N) is 2. The van der Waals surface area contributed by atoms with E-state index in [9.17, 15) is 22.8 Å². The summed E-state index contributed by atoms with van der Waals surface area (Å²) >= 11 is 0. The lowest BCUT2D eigenvalue weighted by Gasteiger charge is -2.13. The summed E-state index contributed by atoms with van der Waals surface area (Å²) in [6, 6.07) is 2.83. The number of carbonyl (C=O) groups is 2. The van der Waals surface area contributed by atoms with E-state index in [1.165, 1.54) is 10.7 Å². The lowest BCUT2D eigenvalue weighted by molar-refractivity contribution is -0.140. The predicted molar refractivity (Wildman–Crippen MR) is 89.8 cm³/mol. The van der Waals surface area contributed by atoms with Gasteiger partial charge < -0.3 is 10.4 Å². The molecule has 1 unspecified atom stereocenters. The third kappa shape index (κ3) is 3.67. The van der Waals surface area contributed by atoms with E-state index in [2.05, 4.69) is 10.4 Å². The van der Waals surface area contributed by atoms with Crippen LogP contribution in [0.1, 0.15) is 40.2 Å². The molecule has 1 aliphatic rings. The Bertz CT molecular complexity index is 875. The zero-order valence-corrected chi connectivity index (χ0v) is 14.5. The van der Waals surface area contributed by atoms with Gasteiger partial charge in [0.2, 0.25) is 6.43 Å². The van der Waals surface area contributed by atoms with Gasteiger partial charge in [0.15, 0.2) is 5.69 Å². The Morgan fingerprint density at radius 3 is 2.70 bits per heavy atom. The van der Waals surface area contributed by atoms with E-state index in [1.807, 2.05) is 0 Å².